The van der Waals surface area contributed by atoms with Crippen LogP contribution in [0.3, 0.4) is 0 Å². The summed E-state index contributed by atoms with van der Waals surface area (Å²) in [6, 6.07) is 17.0. The number of nitrogens with zero attached hydrogens (tertiary/aromatic N) is 2. The van der Waals surface area contributed by atoms with Gasteiger partial charge in [0.25, 0.3) is 5.91 Å². The predicted molar refractivity (Wildman–Crippen MR) is 89.7 cm³/mol. The van der Waals surface area contributed by atoms with Gasteiger partial charge in [-0.2, -0.15) is 5.10 Å². The Morgan fingerprint density at radius 1 is 1.14 bits per heavy atom. The van der Waals surface area contributed by atoms with Gasteiger partial charge in [-0.05, 0) is 42.7 Å². The van der Waals surface area contributed by atoms with Gasteiger partial charge in [0.2, 0.25) is 0 Å². The standard InChI is InChI=1S/C17H15N3OS/c1-22-14-7-4-6-13(12-14)19-17(21)15-8-2-3-9-16(15)20-11-5-10-18-20/h2-12H,1H3,(H,19,21). The average Bonchev–Trinajstić information content (AvgIpc) is 3.09. The number of carbonyl (C=O) groups is 1. The molecule has 0 saturated carbocycles. The lowest BCUT2D eigenvalue weighted by Crippen LogP contribution is -2.15. The number of anilines is 1. The number of nitrogens with one attached hydrogen (secondary N) is 1. The van der Waals surface area contributed by atoms with Crippen LogP contribution < -0.4 is 5.32 Å². The van der Waals surface area contributed by atoms with Crippen molar-refractivity contribution in [3.05, 3.63) is 72.6 Å². The molecule has 0 aliphatic heterocycles. The van der Waals surface area contributed by atoms with Crippen LogP contribution in [0.5, 0.6) is 0 Å². The summed E-state index contributed by atoms with van der Waals surface area (Å²) in [5, 5.41) is 7.14. The molecule has 0 aliphatic rings. The molecule has 1 aromatic heterocycles. The molecule has 3 rings (SSSR count). The smallest absolute Gasteiger partial charge is 0.257 e. The minimum Gasteiger partial charge on any atom is -0.322 e. The molecule has 0 radical (unpaired) electrons. The van der Waals surface area contributed by atoms with E-state index in [0.29, 0.717) is 5.56 Å². The number of hydrogen-bond acceptors (Lipinski definition) is 3. The molecule has 0 saturated heterocycles. The van der Waals surface area contributed by atoms with Crippen LogP contribution in [0.1, 0.15) is 10.4 Å². The molecule has 22 heavy (non-hydrogen) atoms. The number of para-hydroxylation sites is 1. The number of aromatic nitrogens is 2. The summed E-state index contributed by atoms with van der Waals surface area (Å²) in [4.78, 5) is 13.7. The lowest BCUT2D eigenvalue weighted by atomic mass is 10.1. The zero-order valence-corrected chi connectivity index (χ0v) is 12.9. The van der Waals surface area contributed by atoms with Gasteiger partial charge < -0.3 is 5.32 Å². The Bertz CT molecular complexity index is 784. The molecule has 1 N–H and O–H groups in total. The Morgan fingerprint density at radius 2 is 2.00 bits per heavy atom. The third-order valence-corrected chi connectivity index (χ3v) is 3.95. The van der Waals surface area contributed by atoms with Gasteiger partial charge >= 0.3 is 0 Å². The minimum absolute atomic E-state index is 0.149. The van der Waals surface area contributed by atoms with E-state index in [-0.39, 0.29) is 5.91 Å². The number of thioether (sulfide) groups is 1. The van der Waals surface area contributed by atoms with Crippen molar-refractivity contribution in [1.82, 2.24) is 9.78 Å². The molecule has 0 atom stereocenters. The third-order valence-electron chi connectivity index (χ3n) is 3.23. The number of rotatable bonds is 4. The van der Waals surface area contributed by atoms with E-state index in [9.17, 15) is 4.79 Å². The van der Waals surface area contributed by atoms with Crippen molar-refractivity contribution in [1.29, 1.82) is 0 Å². The van der Waals surface area contributed by atoms with Gasteiger partial charge in [-0.25, -0.2) is 4.68 Å². The van der Waals surface area contributed by atoms with E-state index in [4.69, 9.17) is 0 Å². The SMILES string of the molecule is CSc1cccc(NC(=O)c2ccccc2-n2cccn2)c1. The van der Waals surface area contributed by atoms with E-state index in [2.05, 4.69) is 10.4 Å². The van der Waals surface area contributed by atoms with Gasteiger partial charge in [0, 0.05) is 23.0 Å². The van der Waals surface area contributed by atoms with Crippen molar-refractivity contribution in [2.75, 3.05) is 11.6 Å². The molecule has 5 heteroatoms. The van der Waals surface area contributed by atoms with E-state index in [1.165, 1.54) is 0 Å². The first-order valence-corrected chi connectivity index (χ1v) is 8.05. The number of benzene rings is 2. The van der Waals surface area contributed by atoms with Crippen LogP contribution in [0.15, 0.2) is 71.9 Å². The van der Waals surface area contributed by atoms with Crippen molar-refractivity contribution in [2.24, 2.45) is 0 Å². The predicted octanol–water partition coefficient (Wildman–Crippen LogP) is 3.85. The summed E-state index contributed by atoms with van der Waals surface area (Å²) in [6.07, 6.45) is 5.52. The van der Waals surface area contributed by atoms with Crippen LogP contribution in [0, 0.1) is 0 Å². The Kier molecular flexibility index (Phi) is 4.25. The van der Waals surface area contributed by atoms with Crippen LogP contribution in [0.25, 0.3) is 5.69 Å². The monoisotopic (exact) mass is 309 g/mol. The normalized spacial score (nSPS) is 10.4. The maximum absolute atomic E-state index is 12.6. The molecule has 0 bridgehead atoms. The number of hydrogen-bond donors (Lipinski definition) is 1. The first-order valence-electron chi connectivity index (χ1n) is 6.82. The van der Waals surface area contributed by atoms with Gasteiger partial charge in [-0.1, -0.05) is 18.2 Å². The van der Waals surface area contributed by atoms with Crippen molar-refractivity contribution in [3.8, 4) is 5.69 Å². The summed E-state index contributed by atoms with van der Waals surface area (Å²) in [5.41, 5.74) is 2.12. The van der Waals surface area contributed by atoms with E-state index in [0.717, 1.165) is 16.3 Å². The highest BCUT2D eigenvalue weighted by atomic mass is 32.2. The molecular weight excluding hydrogens is 294 g/mol. The maximum Gasteiger partial charge on any atom is 0.257 e. The molecule has 3 aromatic rings. The highest BCUT2D eigenvalue weighted by Gasteiger charge is 2.12. The van der Waals surface area contributed by atoms with Gasteiger partial charge in [0.1, 0.15) is 0 Å². The largest absolute Gasteiger partial charge is 0.322 e. The average molecular weight is 309 g/mol. The zero-order chi connectivity index (χ0) is 15.4. The molecule has 1 amide bonds. The van der Waals surface area contributed by atoms with Crippen molar-refractivity contribution >= 4 is 23.4 Å². The summed E-state index contributed by atoms with van der Waals surface area (Å²) in [5.74, 6) is -0.149. The van der Waals surface area contributed by atoms with Gasteiger partial charge in [-0.3, -0.25) is 4.79 Å². The molecule has 0 unspecified atom stereocenters. The Labute approximate surface area is 133 Å². The first-order chi connectivity index (χ1) is 10.8. The summed E-state index contributed by atoms with van der Waals surface area (Å²) >= 11 is 1.64. The van der Waals surface area contributed by atoms with Crippen molar-refractivity contribution in [2.45, 2.75) is 4.90 Å². The van der Waals surface area contributed by atoms with Crippen LogP contribution in [0.2, 0.25) is 0 Å². The van der Waals surface area contributed by atoms with E-state index in [1.807, 2.05) is 61.0 Å². The quantitative estimate of drug-likeness (QED) is 0.745. The van der Waals surface area contributed by atoms with E-state index in [1.54, 1.807) is 28.7 Å². The van der Waals surface area contributed by atoms with E-state index >= 15 is 0 Å². The summed E-state index contributed by atoms with van der Waals surface area (Å²) in [6.45, 7) is 0. The number of carbonyl (C=O) groups excluding carboxylic acids is 1. The molecule has 4 nitrogen and oxygen atoms in total. The lowest BCUT2D eigenvalue weighted by molar-refractivity contribution is 0.102. The second-order valence-electron chi connectivity index (χ2n) is 4.65. The molecule has 0 aliphatic carbocycles. The topological polar surface area (TPSA) is 46.9 Å². The summed E-state index contributed by atoms with van der Waals surface area (Å²) in [7, 11) is 0. The highest BCUT2D eigenvalue weighted by molar-refractivity contribution is 7.98. The fourth-order valence-electron chi connectivity index (χ4n) is 2.18. The first kappa shape index (κ1) is 14.4. The van der Waals surface area contributed by atoms with Gasteiger partial charge in [0.05, 0.1) is 11.3 Å². The third kappa shape index (κ3) is 3.04. The molecular formula is C17H15N3OS. The molecule has 0 fully saturated rings. The second-order valence-corrected chi connectivity index (χ2v) is 5.53. The Balaban J connectivity index is 1.89. The van der Waals surface area contributed by atoms with Crippen molar-refractivity contribution < 1.29 is 4.79 Å². The zero-order valence-electron chi connectivity index (χ0n) is 12.1. The molecule has 110 valence electrons. The lowest BCUT2D eigenvalue weighted by Gasteiger charge is -2.10. The number of amides is 1. The molecule has 1 heterocycles. The Hall–Kier alpha value is -2.53. The summed E-state index contributed by atoms with van der Waals surface area (Å²) < 4.78 is 1.69. The van der Waals surface area contributed by atoms with Crippen molar-refractivity contribution in [3.63, 3.8) is 0 Å². The fourth-order valence-corrected chi connectivity index (χ4v) is 2.64. The molecule has 0 spiro atoms. The van der Waals surface area contributed by atoms with Crippen LogP contribution in [-0.2, 0) is 0 Å². The van der Waals surface area contributed by atoms with Crippen LogP contribution >= 0.6 is 11.8 Å². The minimum atomic E-state index is -0.149. The second kappa shape index (κ2) is 6.49. The van der Waals surface area contributed by atoms with Gasteiger partial charge in [0.15, 0.2) is 0 Å². The Morgan fingerprint density at radius 3 is 2.77 bits per heavy atom. The fraction of sp³-hybridized carbons (Fsp3) is 0.0588. The van der Waals surface area contributed by atoms with Crippen LogP contribution in [0.4, 0.5) is 5.69 Å². The van der Waals surface area contributed by atoms with E-state index < -0.39 is 0 Å². The highest BCUT2D eigenvalue weighted by Crippen LogP contribution is 2.20. The molecule has 2 aromatic carbocycles. The maximum atomic E-state index is 12.6. The van der Waals surface area contributed by atoms with Gasteiger partial charge in [-0.15, -0.1) is 11.8 Å². The van der Waals surface area contributed by atoms with Crippen LogP contribution in [-0.4, -0.2) is 21.9 Å².